The third-order valence-corrected chi connectivity index (χ3v) is 7.18. The summed E-state index contributed by atoms with van der Waals surface area (Å²) in [6.45, 7) is 2.46. The van der Waals surface area contributed by atoms with Crippen LogP contribution in [0.4, 0.5) is 10.2 Å². The molecular weight excluding hydrogens is 611 g/mol. The highest BCUT2D eigenvalue weighted by atomic mass is 79.9. The molecule has 0 aliphatic carbocycles. The van der Waals surface area contributed by atoms with Crippen LogP contribution in [-0.2, 0) is 27.5 Å². The van der Waals surface area contributed by atoms with Crippen molar-refractivity contribution in [1.29, 1.82) is 0 Å². The highest BCUT2D eigenvalue weighted by Crippen LogP contribution is 2.28. The molecule has 0 unspecified atom stereocenters. The Kier molecular flexibility index (Phi) is 8.34. The van der Waals surface area contributed by atoms with E-state index in [1.165, 1.54) is 23.4 Å². The number of halogens is 2. The summed E-state index contributed by atoms with van der Waals surface area (Å²) in [5.74, 6) is -0.816. The van der Waals surface area contributed by atoms with Crippen molar-refractivity contribution in [2.45, 2.75) is 45.6 Å². The molecule has 1 aliphatic rings. The summed E-state index contributed by atoms with van der Waals surface area (Å²) in [4.78, 5) is 63.9. The van der Waals surface area contributed by atoms with E-state index in [1.54, 1.807) is 48.8 Å². The fraction of sp³-hybridized carbons (Fsp3) is 0.286. The van der Waals surface area contributed by atoms with Gasteiger partial charge in [0.15, 0.2) is 5.78 Å². The maximum absolute atomic E-state index is 14.5. The average Bonchev–Trinajstić information content (AvgIpc) is 3.52. The third kappa shape index (κ3) is 6.33. The molecule has 0 spiro atoms. The van der Waals surface area contributed by atoms with E-state index in [1.807, 2.05) is 0 Å². The summed E-state index contributed by atoms with van der Waals surface area (Å²) >= 11 is 3.24. The average molecular weight is 637 g/mol. The van der Waals surface area contributed by atoms with E-state index in [-0.39, 0.29) is 49.3 Å². The normalized spacial score (nSPS) is 16.4. The number of carbonyl (C=O) groups is 4. The second-order valence-electron chi connectivity index (χ2n) is 9.82. The number of alkyl halides is 1. The molecule has 216 valence electrons. The number of benzene rings is 1. The number of rotatable bonds is 8. The fourth-order valence-electron chi connectivity index (χ4n) is 4.75. The summed E-state index contributed by atoms with van der Waals surface area (Å²) in [7, 11) is 0. The fourth-order valence-corrected chi connectivity index (χ4v) is 5.10. The molecule has 14 heteroatoms. The van der Waals surface area contributed by atoms with Crippen LogP contribution in [0.1, 0.15) is 36.6 Å². The SMILES string of the molecule is CC(=O)NCc1ncc(-c2ccc3c(c2)c(C(C)=O)nn3CC(=O)N2C[C@H](F)C[C@H]2C(=O)Nc2cccc(Br)n2)cn1. The van der Waals surface area contributed by atoms with Gasteiger partial charge in [-0.3, -0.25) is 23.9 Å². The van der Waals surface area contributed by atoms with Crippen LogP contribution < -0.4 is 10.6 Å². The Morgan fingerprint density at radius 1 is 1.07 bits per heavy atom. The Hall–Kier alpha value is -4.59. The summed E-state index contributed by atoms with van der Waals surface area (Å²) in [5.41, 5.74) is 2.10. The summed E-state index contributed by atoms with van der Waals surface area (Å²) in [6.07, 6.45) is 1.72. The van der Waals surface area contributed by atoms with Crippen molar-refractivity contribution in [3.63, 3.8) is 0 Å². The molecule has 42 heavy (non-hydrogen) atoms. The Bertz CT molecular complexity index is 1690. The first kappa shape index (κ1) is 28.9. The maximum atomic E-state index is 14.5. The van der Waals surface area contributed by atoms with Crippen molar-refractivity contribution >= 4 is 56.2 Å². The second kappa shape index (κ2) is 12.1. The lowest BCUT2D eigenvalue weighted by atomic mass is 10.0. The lowest BCUT2D eigenvalue weighted by Crippen LogP contribution is -2.44. The van der Waals surface area contributed by atoms with Crippen molar-refractivity contribution in [3.05, 3.63) is 64.9 Å². The van der Waals surface area contributed by atoms with Crippen LogP contribution >= 0.6 is 15.9 Å². The number of hydrogen-bond acceptors (Lipinski definition) is 8. The van der Waals surface area contributed by atoms with Crippen molar-refractivity contribution in [1.82, 2.24) is 34.9 Å². The smallest absolute Gasteiger partial charge is 0.248 e. The number of Topliss-reactive ketones (excluding diaryl/α,β-unsaturated/α-hetero) is 1. The number of anilines is 1. The van der Waals surface area contributed by atoms with Gasteiger partial charge in [-0.2, -0.15) is 5.10 Å². The van der Waals surface area contributed by atoms with Gasteiger partial charge in [0, 0.05) is 43.6 Å². The van der Waals surface area contributed by atoms with Crippen LogP contribution in [0.2, 0.25) is 0 Å². The molecule has 5 rings (SSSR count). The highest BCUT2D eigenvalue weighted by Gasteiger charge is 2.40. The molecule has 0 radical (unpaired) electrons. The van der Waals surface area contributed by atoms with E-state index in [0.29, 0.717) is 26.9 Å². The molecule has 1 aromatic carbocycles. The minimum atomic E-state index is -1.36. The zero-order chi connectivity index (χ0) is 30.0. The van der Waals surface area contributed by atoms with Crippen LogP contribution in [0.3, 0.4) is 0 Å². The van der Waals surface area contributed by atoms with Gasteiger partial charge in [0.25, 0.3) is 0 Å². The van der Waals surface area contributed by atoms with Crippen LogP contribution in [-0.4, -0.2) is 71.9 Å². The first-order valence-electron chi connectivity index (χ1n) is 13.0. The van der Waals surface area contributed by atoms with Gasteiger partial charge in [-0.15, -0.1) is 0 Å². The Morgan fingerprint density at radius 3 is 2.52 bits per heavy atom. The van der Waals surface area contributed by atoms with E-state index in [9.17, 15) is 23.6 Å². The molecular formula is C28H26BrFN8O4. The highest BCUT2D eigenvalue weighted by molar-refractivity contribution is 9.10. The second-order valence-corrected chi connectivity index (χ2v) is 10.6. The number of aromatic nitrogens is 5. The van der Waals surface area contributed by atoms with Crippen molar-refractivity contribution in [3.8, 4) is 11.1 Å². The Labute approximate surface area is 247 Å². The maximum Gasteiger partial charge on any atom is 0.248 e. The number of nitrogens with one attached hydrogen (secondary N) is 2. The van der Waals surface area contributed by atoms with Crippen molar-refractivity contribution < 1.29 is 23.6 Å². The molecule has 3 amide bonds. The number of likely N-dealkylation sites (tertiary alicyclic amines) is 1. The minimum Gasteiger partial charge on any atom is -0.349 e. The molecule has 4 aromatic rings. The number of carbonyl (C=O) groups excluding carboxylic acids is 4. The molecule has 12 nitrogen and oxygen atoms in total. The largest absolute Gasteiger partial charge is 0.349 e. The predicted octanol–water partition coefficient (Wildman–Crippen LogP) is 3.07. The Morgan fingerprint density at radius 2 is 1.83 bits per heavy atom. The van der Waals surface area contributed by atoms with Gasteiger partial charge < -0.3 is 15.5 Å². The van der Waals surface area contributed by atoms with Crippen molar-refractivity contribution in [2.24, 2.45) is 0 Å². The lowest BCUT2D eigenvalue weighted by Gasteiger charge is -2.23. The first-order chi connectivity index (χ1) is 20.1. The van der Waals surface area contributed by atoms with E-state index < -0.39 is 24.0 Å². The van der Waals surface area contributed by atoms with E-state index in [4.69, 9.17) is 0 Å². The van der Waals surface area contributed by atoms with Gasteiger partial charge in [0.2, 0.25) is 17.7 Å². The number of fused-ring (bicyclic) bond motifs is 1. The lowest BCUT2D eigenvalue weighted by molar-refractivity contribution is -0.137. The number of ketones is 1. The number of pyridine rings is 1. The van der Waals surface area contributed by atoms with Gasteiger partial charge >= 0.3 is 0 Å². The molecule has 2 atom stereocenters. The number of hydrogen-bond donors (Lipinski definition) is 2. The minimum absolute atomic E-state index is 0.140. The van der Waals surface area contributed by atoms with E-state index in [0.717, 1.165) is 5.56 Å². The topological polar surface area (TPSA) is 152 Å². The molecule has 0 bridgehead atoms. The summed E-state index contributed by atoms with van der Waals surface area (Å²) in [5, 5.41) is 10.2. The number of nitrogens with zero attached hydrogens (tertiary/aromatic N) is 6. The van der Waals surface area contributed by atoms with Gasteiger partial charge in [-0.05, 0) is 45.8 Å². The summed E-state index contributed by atoms with van der Waals surface area (Å²) in [6, 6.07) is 9.24. The van der Waals surface area contributed by atoms with Crippen molar-refractivity contribution in [2.75, 3.05) is 11.9 Å². The van der Waals surface area contributed by atoms with E-state index >= 15 is 0 Å². The standard InChI is InChI=1S/C28H26BrFN8O4/c1-15(39)27-20-8-17(18-10-32-25(33-11-18)12-31-16(2)40)6-7-21(20)38(36-27)14-26(41)37-13-19(30)9-22(37)28(42)35-24-5-3-4-23(29)34-24/h3-8,10-11,19,22H,9,12-14H2,1-2H3,(H,31,40)(H,34,35,42)/t19-,22+/m1/s1. The van der Waals surface area contributed by atoms with Crippen LogP contribution in [0.25, 0.3) is 22.0 Å². The van der Waals surface area contributed by atoms with Crippen LogP contribution in [0, 0.1) is 0 Å². The van der Waals surface area contributed by atoms with Crippen LogP contribution in [0.15, 0.2) is 53.4 Å². The number of amides is 3. The van der Waals surface area contributed by atoms with Gasteiger partial charge in [-0.25, -0.2) is 19.3 Å². The molecule has 2 N–H and O–H groups in total. The molecule has 3 aromatic heterocycles. The third-order valence-electron chi connectivity index (χ3n) is 6.74. The quantitative estimate of drug-likeness (QED) is 0.221. The zero-order valence-electron chi connectivity index (χ0n) is 22.7. The van der Waals surface area contributed by atoms with E-state index in [2.05, 4.69) is 46.6 Å². The first-order valence-corrected chi connectivity index (χ1v) is 13.8. The molecule has 1 saturated heterocycles. The van der Waals surface area contributed by atoms with Crippen LogP contribution in [0.5, 0.6) is 0 Å². The van der Waals surface area contributed by atoms with Gasteiger partial charge in [-0.1, -0.05) is 12.1 Å². The molecule has 1 fully saturated rings. The Balaban J connectivity index is 1.37. The summed E-state index contributed by atoms with van der Waals surface area (Å²) < 4.78 is 16.4. The molecule has 0 saturated carbocycles. The van der Waals surface area contributed by atoms with Gasteiger partial charge in [0.05, 0.1) is 18.6 Å². The molecule has 4 heterocycles. The zero-order valence-corrected chi connectivity index (χ0v) is 24.3. The monoisotopic (exact) mass is 636 g/mol. The molecule has 1 aliphatic heterocycles. The predicted molar refractivity (Wildman–Crippen MR) is 154 cm³/mol. The van der Waals surface area contributed by atoms with Gasteiger partial charge in [0.1, 0.15) is 40.7 Å².